The summed E-state index contributed by atoms with van der Waals surface area (Å²) in [5.41, 5.74) is 0.777. The van der Waals surface area contributed by atoms with Gasteiger partial charge in [-0.2, -0.15) is 13.1 Å². The highest BCUT2D eigenvalue weighted by atomic mass is 35.5. The molecule has 1 aliphatic carbocycles. The van der Waals surface area contributed by atoms with Crippen molar-refractivity contribution in [1.82, 2.24) is 4.31 Å². The summed E-state index contributed by atoms with van der Waals surface area (Å²) in [5, 5.41) is -0.699. The van der Waals surface area contributed by atoms with E-state index in [9.17, 15) is 22.0 Å². The molecule has 0 amide bonds. The maximum absolute atomic E-state index is 13.8. The van der Waals surface area contributed by atoms with Gasteiger partial charge in [0.1, 0.15) is 11.9 Å². The third kappa shape index (κ3) is 8.94. The number of ether oxygens (including phenoxy) is 4. The number of hydrogen-bond acceptors (Lipinski definition) is 8. The zero-order valence-electron chi connectivity index (χ0n) is 24.6. The number of thioether (sulfide) groups is 1. The van der Waals surface area contributed by atoms with Gasteiger partial charge < -0.3 is 18.9 Å². The fraction of sp³-hybridized carbons (Fsp3) is 0.387. The SMILES string of the molecule is C=C/C(Cl)=C(C[C@H](OC(=O)[C@@H]1SCCN1S(=O)(=O)c1ccc(OC)cc1)c1ccc(OC(F)F)c(OCC2CC2)c1)\C(Cl)=C/C. The second-order valence-electron chi connectivity index (χ2n) is 10.2. The summed E-state index contributed by atoms with van der Waals surface area (Å²) in [7, 11) is -2.61. The second kappa shape index (κ2) is 15.7. The Morgan fingerprint density at radius 2 is 1.87 bits per heavy atom. The van der Waals surface area contributed by atoms with Crippen LogP contribution in [0.25, 0.3) is 0 Å². The Morgan fingerprint density at radius 3 is 2.47 bits per heavy atom. The summed E-state index contributed by atoms with van der Waals surface area (Å²) < 4.78 is 76.2. The van der Waals surface area contributed by atoms with Gasteiger partial charge in [-0.25, -0.2) is 13.2 Å². The lowest BCUT2D eigenvalue weighted by molar-refractivity contribution is -0.150. The molecule has 4 rings (SSSR count). The molecule has 8 nitrogen and oxygen atoms in total. The highest BCUT2D eigenvalue weighted by Crippen LogP contribution is 2.40. The molecule has 2 fully saturated rings. The summed E-state index contributed by atoms with van der Waals surface area (Å²) in [6.45, 7) is 2.71. The zero-order valence-corrected chi connectivity index (χ0v) is 27.7. The van der Waals surface area contributed by atoms with Gasteiger partial charge in [0.15, 0.2) is 16.9 Å². The third-order valence-electron chi connectivity index (χ3n) is 7.10. The molecule has 2 aliphatic rings. The average Bonchev–Trinajstić information content (AvgIpc) is 3.73. The van der Waals surface area contributed by atoms with Crippen LogP contribution in [0.5, 0.6) is 17.2 Å². The number of sulfonamides is 1. The summed E-state index contributed by atoms with van der Waals surface area (Å²) in [5.74, 6) is 0.214. The van der Waals surface area contributed by atoms with E-state index >= 15 is 0 Å². The highest BCUT2D eigenvalue weighted by molar-refractivity contribution is 8.02. The Labute approximate surface area is 276 Å². The molecule has 2 atom stereocenters. The van der Waals surface area contributed by atoms with Crippen LogP contribution >= 0.6 is 35.0 Å². The number of esters is 1. The molecule has 0 bridgehead atoms. The minimum Gasteiger partial charge on any atom is -0.497 e. The maximum atomic E-state index is 13.8. The van der Waals surface area contributed by atoms with Crippen LogP contribution in [0.1, 0.15) is 37.9 Å². The summed E-state index contributed by atoms with van der Waals surface area (Å²) in [6, 6.07) is 10.1. The molecule has 45 heavy (non-hydrogen) atoms. The van der Waals surface area contributed by atoms with Gasteiger partial charge in [0.05, 0.1) is 18.6 Å². The summed E-state index contributed by atoms with van der Waals surface area (Å²) >= 11 is 14.0. The molecule has 0 radical (unpaired) electrons. The molecule has 2 aromatic carbocycles. The van der Waals surface area contributed by atoms with E-state index < -0.39 is 34.1 Å². The van der Waals surface area contributed by atoms with Crippen molar-refractivity contribution in [3.63, 3.8) is 0 Å². The molecular weight excluding hydrogens is 671 g/mol. The first-order valence-corrected chi connectivity index (χ1v) is 17.3. The fourth-order valence-corrected chi connectivity index (χ4v) is 7.96. The largest absolute Gasteiger partial charge is 0.497 e. The lowest BCUT2D eigenvalue weighted by Crippen LogP contribution is -2.40. The maximum Gasteiger partial charge on any atom is 0.387 e. The van der Waals surface area contributed by atoms with Crippen LogP contribution in [0.4, 0.5) is 8.78 Å². The van der Waals surface area contributed by atoms with Gasteiger partial charge in [0.2, 0.25) is 10.0 Å². The van der Waals surface area contributed by atoms with Crippen molar-refractivity contribution >= 4 is 51.0 Å². The van der Waals surface area contributed by atoms with Gasteiger partial charge in [0.25, 0.3) is 0 Å². The minimum absolute atomic E-state index is 0.00456. The zero-order chi connectivity index (χ0) is 32.7. The molecular formula is C31H33Cl2F2NO7S2. The molecule has 0 spiro atoms. The molecule has 1 aliphatic heterocycles. The predicted molar refractivity (Wildman–Crippen MR) is 171 cm³/mol. The Bertz CT molecular complexity index is 1550. The molecule has 0 N–H and O–H groups in total. The lowest BCUT2D eigenvalue weighted by Gasteiger charge is -2.26. The predicted octanol–water partition coefficient (Wildman–Crippen LogP) is 7.65. The standard InChI is InChI=1S/C31H33Cl2F2NO7S2/c1-4-24(32)23(25(33)5-2)17-27(20-8-13-26(43-31(34)35)28(16-20)41-18-19-6-7-19)42-30(37)29-36(14-15-44-29)45(38,39)22-11-9-21(40-3)10-12-22/h4-5,8-13,16,19,27,29,31H,1,6-7,14-15,17-18H2,2-3H3/b24-23+,25-5+/t27-,29-/m0/s1. The van der Waals surface area contributed by atoms with Gasteiger partial charge >= 0.3 is 12.6 Å². The topological polar surface area (TPSA) is 91.4 Å². The van der Waals surface area contributed by atoms with Crippen molar-refractivity contribution in [2.75, 3.05) is 26.0 Å². The number of rotatable bonds is 15. The van der Waals surface area contributed by atoms with E-state index in [0.29, 0.717) is 35.2 Å². The lowest BCUT2D eigenvalue weighted by atomic mass is 9.99. The van der Waals surface area contributed by atoms with Crippen molar-refractivity contribution in [3.8, 4) is 17.2 Å². The highest BCUT2D eigenvalue weighted by Gasteiger charge is 2.42. The monoisotopic (exact) mass is 703 g/mol. The fourth-order valence-electron chi connectivity index (χ4n) is 4.51. The molecule has 244 valence electrons. The van der Waals surface area contributed by atoms with E-state index in [1.54, 1.807) is 13.0 Å². The van der Waals surface area contributed by atoms with Crippen molar-refractivity contribution < 1.29 is 40.9 Å². The Hall–Kier alpha value is -2.77. The van der Waals surface area contributed by atoms with E-state index in [2.05, 4.69) is 11.3 Å². The van der Waals surface area contributed by atoms with Gasteiger partial charge in [0, 0.05) is 28.8 Å². The van der Waals surface area contributed by atoms with Crippen LogP contribution in [0.15, 0.2) is 81.7 Å². The minimum atomic E-state index is -4.08. The van der Waals surface area contributed by atoms with Crippen LogP contribution in [-0.2, 0) is 19.6 Å². The Balaban J connectivity index is 1.68. The quantitative estimate of drug-likeness (QED) is 0.138. The Morgan fingerprint density at radius 1 is 1.16 bits per heavy atom. The van der Waals surface area contributed by atoms with Gasteiger partial charge in [-0.05, 0) is 73.2 Å². The molecule has 0 aromatic heterocycles. The summed E-state index contributed by atoms with van der Waals surface area (Å²) in [6.07, 6.45) is 3.82. The molecule has 1 saturated carbocycles. The van der Waals surface area contributed by atoms with Gasteiger partial charge in [-0.3, -0.25) is 0 Å². The van der Waals surface area contributed by atoms with Crippen molar-refractivity contribution in [2.45, 2.75) is 49.2 Å². The van der Waals surface area contributed by atoms with E-state index in [-0.39, 0.29) is 39.4 Å². The van der Waals surface area contributed by atoms with Crippen LogP contribution in [0.3, 0.4) is 0 Å². The molecule has 14 heteroatoms. The number of nitrogens with zero attached hydrogens (tertiary/aromatic N) is 1. The Kier molecular flexibility index (Phi) is 12.2. The van der Waals surface area contributed by atoms with E-state index in [1.165, 1.54) is 55.7 Å². The van der Waals surface area contributed by atoms with Crippen molar-refractivity contribution in [2.24, 2.45) is 5.92 Å². The molecule has 1 heterocycles. The molecule has 1 saturated heterocycles. The number of benzene rings is 2. The molecule has 2 aromatic rings. The number of hydrogen-bond donors (Lipinski definition) is 0. The first-order chi connectivity index (χ1) is 21.5. The number of allylic oxidation sites excluding steroid dienone is 4. The number of halogens is 4. The smallest absolute Gasteiger partial charge is 0.387 e. The number of carbonyl (C=O) groups excluding carboxylic acids is 1. The van der Waals surface area contributed by atoms with Crippen LogP contribution in [-0.4, -0.2) is 56.7 Å². The average molecular weight is 705 g/mol. The van der Waals surface area contributed by atoms with Crippen molar-refractivity contribution in [3.05, 3.63) is 82.4 Å². The van der Waals surface area contributed by atoms with Crippen LogP contribution in [0, 0.1) is 5.92 Å². The van der Waals surface area contributed by atoms with E-state index in [4.69, 9.17) is 37.4 Å². The number of methoxy groups -OCH3 is 1. The second-order valence-corrected chi connectivity index (χ2v) is 14.0. The van der Waals surface area contributed by atoms with Crippen LogP contribution in [0.2, 0.25) is 0 Å². The first-order valence-electron chi connectivity index (χ1n) is 14.0. The summed E-state index contributed by atoms with van der Waals surface area (Å²) in [4.78, 5) is 13.8. The van der Waals surface area contributed by atoms with Crippen molar-refractivity contribution in [1.29, 1.82) is 0 Å². The van der Waals surface area contributed by atoms with E-state index in [0.717, 1.165) is 28.9 Å². The van der Waals surface area contributed by atoms with Gasteiger partial charge in [-0.1, -0.05) is 48.0 Å². The normalized spacial score (nSPS) is 18.7. The van der Waals surface area contributed by atoms with E-state index in [1.807, 2.05) is 0 Å². The number of alkyl halides is 2. The third-order valence-corrected chi connectivity index (χ3v) is 11.1. The van der Waals surface area contributed by atoms with Crippen LogP contribution < -0.4 is 14.2 Å². The number of carbonyl (C=O) groups is 1. The first kappa shape index (κ1) is 35.1. The van der Waals surface area contributed by atoms with Gasteiger partial charge in [-0.15, -0.1) is 11.8 Å². The molecule has 0 unspecified atom stereocenters.